The van der Waals surface area contributed by atoms with Crippen LogP contribution in [0.2, 0.25) is 0 Å². The highest BCUT2D eigenvalue weighted by atomic mass is 15.1. The Bertz CT molecular complexity index is 461. The molecule has 17 heavy (non-hydrogen) atoms. The van der Waals surface area contributed by atoms with E-state index in [1.165, 1.54) is 43.2 Å². The Morgan fingerprint density at radius 3 is 2.82 bits per heavy atom. The number of hydrogen-bond donors (Lipinski definition) is 1. The molecule has 0 unspecified atom stereocenters. The average molecular weight is 231 g/mol. The molecule has 1 N–H and O–H groups in total. The first-order valence-electron chi connectivity index (χ1n) is 6.63. The molecule has 0 saturated heterocycles. The van der Waals surface area contributed by atoms with E-state index in [2.05, 4.69) is 29.0 Å². The second-order valence-corrected chi connectivity index (χ2v) is 4.66. The molecule has 2 aromatic heterocycles. The molecule has 1 atom stereocenters. The molecule has 3 nitrogen and oxygen atoms in total. The summed E-state index contributed by atoms with van der Waals surface area (Å²) in [4.78, 5) is 4.32. The molecule has 0 saturated carbocycles. The highest BCUT2D eigenvalue weighted by Crippen LogP contribution is 2.29. The maximum absolute atomic E-state index is 4.32. The van der Waals surface area contributed by atoms with Crippen molar-refractivity contribution in [3.05, 3.63) is 24.2 Å². The van der Waals surface area contributed by atoms with Crippen LogP contribution in [0.1, 0.15) is 57.4 Å². The van der Waals surface area contributed by atoms with E-state index in [9.17, 15) is 0 Å². The zero-order valence-electron chi connectivity index (χ0n) is 10.7. The molecule has 2 aromatic rings. The molecular weight excluding hydrogens is 210 g/mol. The van der Waals surface area contributed by atoms with Gasteiger partial charge in [-0.05, 0) is 24.3 Å². The molecule has 0 aliphatic rings. The lowest BCUT2D eigenvalue weighted by Gasteiger charge is -2.15. The highest BCUT2D eigenvalue weighted by Gasteiger charge is 2.13. The van der Waals surface area contributed by atoms with E-state index < -0.39 is 0 Å². The molecular formula is C14H21N3. The van der Waals surface area contributed by atoms with Gasteiger partial charge in [0.25, 0.3) is 0 Å². The quantitative estimate of drug-likeness (QED) is 0.762. The Kier molecular flexibility index (Phi) is 4.13. The molecule has 0 bridgehead atoms. The molecule has 0 aliphatic heterocycles. The summed E-state index contributed by atoms with van der Waals surface area (Å²) in [5.74, 6) is 0.609. The van der Waals surface area contributed by atoms with Crippen molar-refractivity contribution in [2.45, 2.75) is 51.9 Å². The lowest BCUT2D eigenvalue weighted by Crippen LogP contribution is -1.99. The van der Waals surface area contributed by atoms with Crippen molar-refractivity contribution < 1.29 is 0 Å². The number of fused-ring (bicyclic) bond motifs is 1. The van der Waals surface area contributed by atoms with Crippen LogP contribution in [0.25, 0.3) is 10.9 Å². The van der Waals surface area contributed by atoms with Gasteiger partial charge in [0.05, 0.1) is 11.7 Å². The van der Waals surface area contributed by atoms with Crippen molar-refractivity contribution in [1.29, 1.82) is 0 Å². The maximum Gasteiger partial charge on any atom is 0.0716 e. The van der Waals surface area contributed by atoms with Gasteiger partial charge in [0.15, 0.2) is 0 Å². The van der Waals surface area contributed by atoms with Crippen molar-refractivity contribution in [2.75, 3.05) is 0 Å². The van der Waals surface area contributed by atoms with Crippen LogP contribution in [0.3, 0.4) is 0 Å². The third-order valence-corrected chi connectivity index (χ3v) is 3.47. The first kappa shape index (κ1) is 12.1. The number of unbranched alkanes of at least 4 members (excludes halogenated alkanes) is 2. The fourth-order valence-electron chi connectivity index (χ4n) is 2.42. The van der Waals surface area contributed by atoms with Gasteiger partial charge >= 0.3 is 0 Å². The smallest absolute Gasteiger partial charge is 0.0716 e. The van der Waals surface area contributed by atoms with Gasteiger partial charge in [0, 0.05) is 17.8 Å². The standard InChI is InChI=1S/C14H21N3/c1-3-5-6-7-11(4-2)13-10-15-8-12-9-16-17-14(12)13/h8-11H,3-7H2,1-2H3,(H,16,17)/t11-/m1/s1. The summed E-state index contributed by atoms with van der Waals surface area (Å²) in [7, 11) is 0. The van der Waals surface area contributed by atoms with Gasteiger partial charge in [0.2, 0.25) is 0 Å². The molecule has 92 valence electrons. The van der Waals surface area contributed by atoms with Crippen LogP contribution < -0.4 is 0 Å². The van der Waals surface area contributed by atoms with Crippen LogP contribution in [0.4, 0.5) is 0 Å². The summed E-state index contributed by atoms with van der Waals surface area (Å²) >= 11 is 0. The minimum absolute atomic E-state index is 0.609. The Morgan fingerprint density at radius 1 is 1.18 bits per heavy atom. The van der Waals surface area contributed by atoms with Crippen molar-refractivity contribution in [2.24, 2.45) is 0 Å². The number of aromatic nitrogens is 3. The molecule has 3 heteroatoms. The lowest BCUT2D eigenvalue weighted by atomic mass is 9.91. The topological polar surface area (TPSA) is 41.6 Å². The summed E-state index contributed by atoms with van der Waals surface area (Å²) in [6.45, 7) is 4.50. The number of aromatic amines is 1. The van der Waals surface area contributed by atoms with Crippen LogP contribution in [-0.4, -0.2) is 15.2 Å². The fourth-order valence-corrected chi connectivity index (χ4v) is 2.42. The van der Waals surface area contributed by atoms with E-state index in [4.69, 9.17) is 0 Å². The third kappa shape index (κ3) is 2.65. The monoisotopic (exact) mass is 231 g/mol. The number of nitrogens with one attached hydrogen (secondary N) is 1. The van der Waals surface area contributed by atoms with E-state index in [1.807, 2.05) is 18.6 Å². The molecule has 0 fully saturated rings. The zero-order valence-corrected chi connectivity index (χ0v) is 10.7. The van der Waals surface area contributed by atoms with Crippen molar-refractivity contribution >= 4 is 10.9 Å². The normalized spacial score (nSPS) is 13.1. The van der Waals surface area contributed by atoms with E-state index in [1.54, 1.807) is 0 Å². The number of pyridine rings is 1. The minimum Gasteiger partial charge on any atom is -0.277 e. The van der Waals surface area contributed by atoms with Gasteiger partial charge in [-0.25, -0.2) is 0 Å². The van der Waals surface area contributed by atoms with Crippen molar-refractivity contribution in [3.63, 3.8) is 0 Å². The summed E-state index contributed by atoms with van der Waals surface area (Å²) < 4.78 is 0. The van der Waals surface area contributed by atoms with Crippen LogP contribution in [0.15, 0.2) is 18.6 Å². The summed E-state index contributed by atoms with van der Waals surface area (Å²) in [5.41, 5.74) is 2.50. The zero-order chi connectivity index (χ0) is 12.1. The van der Waals surface area contributed by atoms with Crippen molar-refractivity contribution in [3.8, 4) is 0 Å². The number of nitrogens with zero attached hydrogens (tertiary/aromatic N) is 2. The number of hydrogen-bond acceptors (Lipinski definition) is 2. The predicted octanol–water partition coefficient (Wildman–Crippen LogP) is 4.03. The van der Waals surface area contributed by atoms with Crippen molar-refractivity contribution in [1.82, 2.24) is 15.2 Å². The molecule has 2 heterocycles. The Hall–Kier alpha value is -1.38. The van der Waals surface area contributed by atoms with Crippen LogP contribution in [0.5, 0.6) is 0 Å². The Balaban J connectivity index is 2.20. The maximum atomic E-state index is 4.32. The number of H-pyrrole nitrogens is 1. The molecule has 0 radical (unpaired) electrons. The van der Waals surface area contributed by atoms with Crippen LogP contribution >= 0.6 is 0 Å². The second-order valence-electron chi connectivity index (χ2n) is 4.66. The van der Waals surface area contributed by atoms with Gasteiger partial charge in [-0.3, -0.25) is 10.1 Å². The largest absolute Gasteiger partial charge is 0.277 e. The Morgan fingerprint density at radius 2 is 2.06 bits per heavy atom. The first-order valence-corrected chi connectivity index (χ1v) is 6.63. The van der Waals surface area contributed by atoms with Gasteiger partial charge < -0.3 is 0 Å². The van der Waals surface area contributed by atoms with Gasteiger partial charge in [0.1, 0.15) is 0 Å². The lowest BCUT2D eigenvalue weighted by molar-refractivity contribution is 0.554. The second kappa shape index (κ2) is 5.80. The SMILES string of the molecule is CCCCC[C@@H](CC)c1cncc2cn[nH]c12. The summed E-state index contributed by atoms with van der Waals surface area (Å²) in [6.07, 6.45) is 12.1. The highest BCUT2D eigenvalue weighted by molar-refractivity contribution is 5.80. The number of rotatable bonds is 6. The molecule has 0 amide bonds. The fraction of sp³-hybridized carbons (Fsp3) is 0.571. The van der Waals surface area contributed by atoms with Crippen LogP contribution in [0, 0.1) is 0 Å². The molecule has 0 spiro atoms. The van der Waals surface area contributed by atoms with Gasteiger partial charge in [-0.1, -0.05) is 33.1 Å². The van der Waals surface area contributed by atoms with E-state index >= 15 is 0 Å². The Labute approximate surface area is 103 Å². The third-order valence-electron chi connectivity index (χ3n) is 3.47. The van der Waals surface area contributed by atoms with E-state index in [0.717, 1.165) is 5.39 Å². The average Bonchev–Trinajstić information content (AvgIpc) is 2.83. The van der Waals surface area contributed by atoms with Crippen LogP contribution in [-0.2, 0) is 0 Å². The molecule has 0 aromatic carbocycles. The van der Waals surface area contributed by atoms with E-state index in [-0.39, 0.29) is 0 Å². The van der Waals surface area contributed by atoms with Gasteiger partial charge in [-0.15, -0.1) is 0 Å². The minimum atomic E-state index is 0.609. The predicted molar refractivity (Wildman–Crippen MR) is 71.1 cm³/mol. The molecule has 2 rings (SSSR count). The summed E-state index contributed by atoms with van der Waals surface area (Å²) in [5, 5.41) is 8.34. The molecule has 0 aliphatic carbocycles. The summed E-state index contributed by atoms with van der Waals surface area (Å²) in [6, 6.07) is 0. The van der Waals surface area contributed by atoms with E-state index in [0.29, 0.717) is 5.92 Å². The first-order chi connectivity index (χ1) is 8.36. The van der Waals surface area contributed by atoms with Gasteiger partial charge in [-0.2, -0.15) is 5.10 Å².